The Morgan fingerprint density at radius 1 is 1.17 bits per heavy atom. The molecule has 4 rings (SSSR count). The van der Waals surface area contributed by atoms with E-state index in [0.717, 1.165) is 22.6 Å². The van der Waals surface area contributed by atoms with Crippen molar-refractivity contribution < 1.29 is 27.9 Å². The number of cyclic esters (lactones) is 1. The lowest BCUT2D eigenvalue weighted by molar-refractivity contribution is -0.136. The number of urea groups is 1. The summed E-state index contributed by atoms with van der Waals surface area (Å²) in [4.78, 5) is 38.5. The molecule has 0 fully saturated rings. The maximum absolute atomic E-state index is 13.3. The summed E-state index contributed by atoms with van der Waals surface area (Å²) < 4.78 is 31.5. The van der Waals surface area contributed by atoms with Crippen LogP contribution in [0.15, 0.2) is 53.7 Å². The molecule has 2 aliphatic heterocycles. The van der Waals surface area contributed by atoms with Crippen molar-refractivity contribution in [1.29, 1.82) is 0 Å². The molecule has 0 saturated carbocycles. The van der Waals surface area contributed by atoms with Gasteiger partial charge in [-0.25, -0.2) is 18.4 Å². The van der Waals surface area contributed by atoms with Crippen LogP contribution in [0, 0.1) is 18.6 Å². The van der Waals surface area contributed by atoms with E-state index < -0.39 is 42.1 Å². The highest BCUT2D eigenvalue weighted by Gasteiger charge is 2.42. The number of esters is 1. The Bertz CT molecular complexity index is 1080. The first kappa shape index (κ1) is 19.6. The van der Waals surface area contributed by atoms with Gasteiger partial charge in [-0.2, -0.15) is 0 Å². The lowest BCUT2D eigenvalue weighted by Crippen LogP contribution is -2.49. The first-order valence-corrected chi connectivity index (χ1v) is 9.13. The van der Waals surface area contributed by atoms with E-state index in [9.17, 15) is 23.2 Å². The van der Waals surface area contributed by atoms with Gasteiger partial charge in [0, 0.05) is 11.8 Å². The van der Waals surface area contributed by atoms with Gasteiger partial charge in [-0.05, 0) is 24.6 Å². The van der Waals surface area contributed by atoms with Crippen molar-refractivity contribution in [2.24, 2.45) is 0 Å². The Labute approximate surface area is 170 Å². The van der Waals surface area contributed by atoms with E-state index in [1.54, 1.807) is 0 Å². The minimum absolute atomic E-state index is 0.0433. The van der Waals surface area contributed by atoms with E-state index in [1.807, 2.05) is 31.2 Å². The number of rotatable bonds is 4. The summed E-state index contributed by atoms with van der Waals surface area (Å²) in [5.41, 5.74) is 2.35. The second-order valence-electron chi connectivity index (χ2n) is 6.99. The molecule has 1 atom stereocenters. The average Bonchev–Trinajstić information content (AvgIpc) is 3.09. The third-order valence-corrected chi connectivity index (χ3v) is 4.91. The second-order valence-corrected chi connectivity index (χ2v) is 6.99. The fraction of sp³-hybridized carbons (Fsp3) is 0.190. The van der Waals surface area contributed by atoms with Gasteiger partial charge in [0.15, 0.2) is 11.6 Å². The van der Waals surface area contributed by atoms with Gasteiger partial charge in [0.25, 0.3) is 0 Å². The highest BCUT2D eigenvalue weighted by atomic mass is 19.2. The molecule has 0 spiro atoms. The number of benzene rings is 2. The summed E-state index contributed by atoms with van der Waals surface area (Å²) in [5.74, 6) is -3.36. The zero-order chi connectivity index (χ0) is 21.4. The number of aryl methyl sites for hydroxylation is 1. The van der Waals surface area contributed by atoms with E-state index in [2.05, 4.69) is 10.6 Å². The van der Waals surface area contributed by atoms with Gasteiger partial charge in [-0.15, -0.1) is 0 Å². The van der Waals surface area contributed by atoms with Gasteiger partial charge >= 0.3 is 12.0 Å². The van der Waals surface area contributed by atoms with E-state index in [4.69, 9.17) is 4.74 Å². The van der Waals surface area contributed by atoms with Crippen molar-refractivity contribution in [1.82, 2.24) is 10.2 Å². The molecular weight excluding hydrogens is 396 g/mol. The molecule has 2 N–H and O–H groups in total. The number of nitrogens with zero attached hydrogens (tertiary/aromatic N) is 1. The topological polar surface area (TPSA) is 87.7 Å². The molecule has 2 aliphatic rings. The normalized spacial score (nSPS) is 18.1. The van der Waals surface area contributed by atoms with Crippen molar-refractivity contribution in [3.63, 3.8) is 0 Å². The third kappa shape index (κ3) is 3.61. The minimum Gasteiger partial charge on any atom is -0.456 e. The number of halogens is 2. The Hall–Kier alpha value is -3.75. The van der Waals surface area contributed by atoms with Crippen LogP contribution in [0.1, 0.15) is 17.2 Å². The number of amides is 3. The molecule has 30 heavy (non-hydrogen) atoms. The van der Waals surface area contributed by atoms with Crippen LogP contribution in [0.25, 0.3) is 0 Å². The number of ether oxygens (including phenoxy) is 1. The molecular formula is C21H17F2N3O4. The molecule has 3 amide bonds. The van der Waals surface area contributed by atoms with Gasteiger partial charge in [0.1, 0.15) is 13.2 Å². The minimum atomic E-state index is -1.11. The summed E-state index contributed by atoms with van der Waals surface area (Å²) in [6, 6.07) is 9.01. The number of anilines is 1. The van der Waals surface area contributed by atoms with Gasteiger partial charge in [-0.1, -0.05) is 29.8 Å². The molecule has 2 aromatic rings. The summed E-state index contributed by atoms with van der Waals surface area (Å²) >= 11 is 0. The van der Waals surface area contributed by atoms with Crippen molar-refractivity contribution in [3.05, 3.63) is 76.5 Å². The van der Waals surface area contributed by atoms with Gasteiger partial charge in [0.05, 0.1) is 17.3 Å². The molecule has 9 heteroatoms. The number of hydrogen-bond acceptors (Lipinski definition) is 4. The molecule has 2 aromatic carbocycles. The van der Waals surface area contributed by atoms with Crippen molar-refractivity contribution in [2.45, 2.75) is 13.0 Å². The van der Waals surface area contributed by atoms with Gasteiger partial charge in [-0.3, -0.25) is 9.69 Å². The number of nitrogens with one attached hydrogen (secondary N) is 2. The molecule has 0 unspecified atom stereocenters. The maximum Gasteiger partial charge on any atom is 0.338 e. The van der Waals surface area contributed by atoms with Crippen molar-refractivity contribution in [2.75, 3.05) is 18.5 Å². The van der Waals surface area contributed by atoms with Crippen LogP contribution >= 0.6 is 0 Å². The zero-order valence-corrected chi connectivity index (χ0v) is 15.9. The van der Waals surface area contributed by atoms with E-state index >= 15 is 0 Å². The van der Waals surface area contributed by atoms with Crippen LogP contribution in [-0.2, 0) is 14.3 Å². The van der Waals surface area contributed by atoms with Crippen LogP contribution < -0.4 is 10.6 Å². The zero-order valence-electron chi connectivity index (χ0n) is 15.9. The quantitative estimate of drug-likeness (QED) is 0.755. The number of hydrogen-bond donors (Lipinski definition) is 2. The first-order chi connectivity index (χ1) is 14.3. The molecule has 0 bridgehead atoms. The second kappa shape index (κ2) is 7.58. The lowest BCUT2D eigenvalue weighted by Gasteiger charge is -2.32. The van der Waals surface area contributed by atoms with Crippen molar-refractivity contribution in [3.8, 4) is 0 Å². The van der Waals surface area contributed by atoms with Crippen LogP contribution in [0.2, 0.25) is 0 Å². The van der Waals surface area contributed by atoms with Crippen molar-refractivity contribution >= 4 is 23.6 Å². The molecule has 2 heterocycles. The summed E-state index contributed by atoms with van der Waals surface area (Å²) in [5, 5.41) is 5.13. The highest BCUT2D eigenvalue weighted by Crippen LogP contribution is 2.35. The molecule has 0 aliphatic carbocycles. The predicted molar refractivity (Wildman–Crippen MR) is 102 cm³/mol. The monoisotopic (exact) mass is 413 g/mol. The van der Waals surface area contributed by atoms with E-state index in [0.29, 0.717) is 11.3 Å². The van der Waals surface area contributed by atoms with Crippen LogP contribution in [0.5, 0.6) is 0 Å². The maximum atomic E-state index is 13.3. The van der Waals surface area contributed by atoms with E-state index in [-0.39, 0.29) is 17.9 Å². The predicted octanol–water partition coefficient (Wildman–Crippen LogP) is 2.79. The molecule has 0 radical (unpaired) electrons. The molecule has 0 aromatic heterocycles. The Balaban J connectivity index is 1.58. The number of carbonyl (C=O) groups excluding carboxylic acids is 3. The summed E-state index contributed by atoms with van der Waals surface area (Å²) in [7, 11) is 0. The fourth-order valence-electron chi connectivity index (χ4n) is 3.41. The summed E-state index contributed by atoms with van der Waals surface area (Å²) in [6.45, 7) is 1.36. The standard InChI is InChI=1S/C21H17F2N3O4/c1-11-2-4-12(5-3-11)19-18-16(10-30-20(18)28)26(21(29)25-19)9-17(27)24-13-6-7-14(22)15(23)8-13/h2-8,19H,9-10H2,1H3,(H,24,27)(H,25,29)/t19-/m0/s1. The third-order valence-electron chi connectivity index (χ3n) is 4.91. The Morgan fingerprint density at radius 3 is 2.60 bits per heavy atom. The lowest BCUT2D eigenvalue weighted by atomic mass is 9.95. The molecule has 7 nitrogen and oxygen atoms in total. The number of carbonyl (C=O) groups is 3. The molecule has 0 saturated heterocycles. The summed E-state index contributed by atoms with van der Waals surface area (Å²) in [6.07, 6.45) is 0. The van der Waals surface area contributed by atoms with E-state index in [1.165, 1.54) is 6.07 Å². The smallest absolute Gasteiger partial charge is 0.338 e. The largest absolute Gasteiger partial charge is 0.456 e. The Morgan fingerprint density at radius 2 is 1.90 bits per heavy atom. The SMILES string of the molecule is Cc1ccc([C@@H]2NC(=O)N(CC(=O)Nc3ccc(F)c(F)c3)C3=C2C(=O)OC3)cc1. The van der Waals surface area contributed by atoms with Gasteiger partial charge < -0.3 is 15.4 Å². The van der Waals surface area contributed by atoms with Crippen LogP contribution in [0.4, 0.5) is 19.3 Å². The fourth-order valence-corrected chi connectivity index (χ4v) is 3.41. The van der Waals surface area contributed by atoms with Crippen LogP contribution in [-0.4, -0.2) is 36.0 Å². The molecule has 154 valence electrons. The van der Waals surface area contributed by atoms with Crippen LogP contribution in [0.3, 0.4) is 0 Å². The average molecular weight is 413 g/mol. The first-order valence-electron chi connectivity index (χ1n) is 9.13. The highest BCUT2D eigenvalue weighted by molar-refractivity contribution is 6.00. The van der Waals surface area contributed by atoms with Gasteiger partial charge in [0.2, 0.25) is 5.91 Å². The Kier molecular flexibility index (Phi) is 4.94.